The third-order valence-electron chi connectivity index (χ3n) is 7.35. The zero-order chi connectivity index (χ0) is 31.8. The zero-order valence-corrected chi connectivity index (χ0v) is 24.6. The standard InChI is InChI=1S/C27H27F5N8O2.C2H6/c1-12-3-5-34-6-7-35-23-17-22(38-26(39-23)42-16-4-9-40-10-8-36-24(16)40)20(29)21(37-25(17)41-12)14-11-15(33)19(28)13(2)18(14)27(30,31)32;1-2/h8,10-12,16,34H,3-7,9,33H2,1-2H3,(H,35,38,39);1-2H3. The summed E-state index contributed by atoms with van der Waals surface area (Å²) >= 11 is 0. The van der Waals surface area contributed by atoms with E-state index in [9.17, 15) is 17.6 Å². The number of nitrogen functional groups attached to an aromatic ring is 1. The lowest BCUT2D eigenvalue weighted by Crippen LogP contribution is -2.26. The highest BCUT2D eigenvalue weighted by molar-refractivity contribution is 5.96. The normalized spacial score (nSPS) is 18.4. The summed E-state index contributed by atoms with van der Waals surface area (Å²) in [7, 11) is 0. The second-order valence-corrected chi connectivity index (χ2v) is 10.3. The van der Waals surface area contributed by atoms with Gasteiger partial charge in [-0.1, -0.05) is 13.8 Å². The Kier molecular flexibility index (Phi) is 8.77. The molecular weight excluding hydrogens is 587 g/mol. The number of imidazole rings is 1. The fourth-order valence-corrected chi connectivity index (χ4v) is 5.31. The van der Waals surface area contributed by atoms with Crippen LogP contribution in [0.15, 0.2) is 18.5 Å². The van der Waals surface area contributed by atoms with E-state index in [-0.39, 0.29) is 28.6 Å². The van der Waals surface area contributed by atoms with Gasteiger partial charge in [-0.05, 0) is 38.4 Å². The van der Waals surface area contributed by atoms with Gasteiger partial charge in [0.05, 0.1) is 17.4 Å². The molecule has 2 atom stereocenters. The largest absolute Gasteiger partial charge is 0.474 e. The minimum absolute atomic E-state index is 0.0330. The van der Waals surface area contributed by atoms with Gasteiger partial charge in [-0.25, -0.2) is 18.7 Å². The summed E-state index contributed by atoms with van der Waals surface area (Å²) < 4.78 is 87.8. The van der Waals surface area contributed by atoms with Gasteiger partial charge in [0.15, 0.2) is 11.9 Å². The molecule has 1 aromatic carbocycles. The summed E-state index contributed by atoms with van der Waals surface area (Å²) in [5.41, 5.74) is 1.08. The Balaban J connectivity index is 0.00000188. The van der Waals surface area contributed by atoms with Gasteiger partial charge in [0.1, 0.15) is 34.1 Å². The Morgan fingerprint density at radius 3 is 2.59 bits per heavy atom. The van der Waals surface area contributed by atoms with Crippen LogP contribution < -0.4 is 25.8 Å². The molecule has 2 aliphatic rings. The highest BCUT2D eigenvalue weighted by atomic mass is 19.4. The number of halogens is 5. The number of ether oxygens (including phenoxy) is 2. The molecule has 5 heterocycles. The molecular formula is C29H33F5N8O2. The zero-order valence-electron chi connectivity index (χ0n) is 24.6. The SMILES string of the molecule is CC.Cc1c(F)c(N)cc(-c2nc3c4c(nc(OC5CCn6ccnc65)nc4c2F)NCCNCCC(C)O3)c1C(F)(F)F. The molecule has 0 amide bonds. The quantitative estimate of drug-likeness (QED) is 0.193. The van der Waals surface area contributed by atoms with Crippen LogP contribution in [0.5, 0.6) is 11.9 Å². The van der Waals surface area contributed by atoms with E-state index >= 15 is 4.39 Å². The number of nitrogens with one attached hydrogen (secondary N) is 2. The molecule has 0 saturated heterocycles. The van der Waals surface area contributed by atoms with Crippen LogP contribution in [0.1, 0.15) is 56.7 Å². The number of rotatable bonds is 3. The summed E-state index contributed by atoms with van der Waals surface area (Å²) in [5.74, 6) is -1.86. The molecule has 6 rings (SSSR count). The highest BCUT2D eigenvalue weighted by Crippen LogP contribution is 2.45. The summed E-state index contributed by atoms with van der Waals surface area (Å²) in [5, 5.41) is 6.40. The van der Waals surface area contributed by atoms with Crippen LogP contribution in [0.4, 0.5) is 33.5 Å². The second kappa shape index (κ2) is 12.4. The van der Waals surface area contributed by atoms with Crippen LogP contribution in [0.25, 0.3) is 22.2 Å². The van der Waals surface area contributed by atoms with Crippen molar-refractivity contribution in [3.05, 3.63) is 47.0 Å². The van der Waals surface area contributed by atoms with Gasteiger partial charge in [0.25, 0.3) is 0 Å². The molecule has 2 unspecified atom stereocenters. The van der Waals surface area contributed by atoms with Gasteiger partial charge < -0.3 is 30.4 Å². The van der Waals surface area contributed by atoms with Crippen LogP contribution in [0, 0.1) is 18.6 Å². The van der Waals surface area contributed by atoms with Crippen molar-refractivity contribution in [1.29, 1.82) is 0 Å². The lowest BCUT2D eigenvalue weighted by molar-refractivity contribution is -0.137. The van der Waals surface area contributed by atoms with Crippen molar-refractivity contribution < 1.29 is 31.4 Å². The molecule has 15 heteroatoms. The Morgan fingerprint density at radius 1 is 1.07 bits per heavy atom. The van der Waals surface area contributed by atoms with Gasteiger partial charge >= 0.3 is 12.2 Å². The summed E-state index contributed by atoms with van der Waals surface area (Å²) in [6.45, 7) is 8.83. The minimum Gasteiger partial charge on any atom is -0.474 e. The highest BCUT2D eigenvalue weighted by Gasteiger charge is 2.39. The van der Waals surface area contributed by atoms with E-state index in [4.69, 9.17) is 15.2 Å². The predicted octanol–water partition coefficient (Wildman–Crippen LogP) is 5.80. The maximum atomic E-state index is 16.5. The van der Waals surface area contributed by atoms with Crippen molar-refractivity contribution in [3.63, 3.8) is 0 Å². The van der Waals surface area contributed by atoms with E-state index in [1.807, 2.05) is 18.4 Å². The molecule has 236 valence electrons. The molecule has 4 aromatic rings. The number of nitrogens with two attached hydrogens (primary N) is 1. The van der Waals surface area contributed by atoms with Crippen molar-refractivity contribution in [2.75, 3.05) is 30.7 Å². The first kappa shape index (κ1) is 31.2. The summed E-state index contributed by atoms with van der Waals surface area (Å²) in [4.78, 5) is 17.3. The number of alkyl halides is 3. The number of hydrogen-bond acceptors (Lipinski definition) is 9. The molecule has 4 N–H and O–H groups in total. The van der Waals surface area contributed by atoms with Crippen LogP contribution in [0.2, 0.25) is 0 Å². The van der Waals surface area contributed by atoms with E-state index in [0.717, 1.165) is 13.0 Å². The third-order valence-corrected chi connectivity index (χ3v) is 7.35. The number of benzene rings is 1. The molecule has 0 saturated carbocycles. The van der Waals surface area contributed by atoms with Crippen molar-refractivity contribution in [1.82, 2.24) is 29.8 Å². The smallest absolute Gasteiger partial charge is 0.417 e. The van der Waals surface area contributed by atoms with Crippen LogP contribution >= 0.6 is 0 Å². The number of nitrogens with zero attached hydrogens (tertiary/aromatic N) is 5. The number of hydrogen-bond donors (Lipinski definition) is 3. The molecule has 0 radical (unpaired) electrons. The minimum atomic E-state index is -5.05. The van der Waals surface area contributed by atoms with Gasteiger partial charge in [0, 0.05) is 44.0 Å². The van der Waals surface area contributed by atoms with Crippen LogP contribution in [-0.4, -0.2) is 50.2 Å². The monoisotopic (exact) mass is 620 g/mol. The molecule has 0 spiro atoms. The third kappa shape index (κ3) is 5.79. The summed E-state index contributed by atoms with van der Waals surface area (Å²) in [6, 6.07) is 0.513. The molecule has 0 bridgehead atoms. The molecule has 0 aliphatic carbocycles. The Labute approximate surface area is 250 Å². The number of aryl methyl sites for hydroxylation is 1. The molecule has 44 heavy (non-hydrogen) atoms. The van der Waals surface area contributed by atoms with E-state index in [1.165, 1.54) is 0 Å². The van der Waals surface area contributed by atoms with Gasteiger partial charge in [-0.3, -0.25) is 0 Å². The number of anilines is 2. The Bertz CT molecular complexity index is 1680. The van der Waals surface area contributed by atoms with Gasteiger partial charge in [-0.2, -0.15) is 23.1 Å². The van der Waals surface area contributed by atoms with E-state index in [1.54, 1.807) is 19.3 Å². The first-order valence-corrected chi connectivity index (χ1v) is 14.4. The molecule has 3 aromatic heterocycles. The van der Waals surface area contributed by atoms with E-state index in [2.05, 4.69) is 30.6 Å². The Hall–Kier alpha value is -4.27. The lowest BCUT2D eigenvalue weighted by atomic mass is 9.96. The first-order valence-electron chi connectivity index (χ1n) is 14.4. The van der Waals surface area contributed by atoms with E-state index in [0.29, 0.717) is 44.8 Å². The van der Waals surface area contributed by atoms with Crippen molar-refractivity contribution in [3.8, 4) is 23.1 Å². The van der Waals surface area contributed by atoms with Crippen LogP contribution in [0.3, 0.4) is 0 Å². The first-order chi connectivity index (χ1) is 21.0. The molecule has 10 nitrogen and oxygen atoms in total. The van der Waals surface area contributed by atoms with Crippen molar-refractivity contribution >= 4 is 22.4 Å². The van der Waals surface area contributed by atoms with Crippen molar-refractivity contribution in [2.45, 2.75) is 65.5 Å². The summed E-state index contributed by atoms with van der Waals surface area (Å²) in [6.07, 6.45) is -1.51. The van der Waals surface area contributed by atoms with Crippen LogP contribution in [-0.2, 0) is 12.7 Å². The molecule has 2 aliphatic heterocycles. The lowest BCUT2D eigenvalue weighted by Gasteiger charge is -2.21. The Morgan fingerprint density at radius 2 is 1.84 bits per heavy atom. The van der Waals surface area contributed by atoms with Gasteiger partial charge in [-0.15, -0.1) is 0 Å². The average molecular weight is 621 g/mol. The fraction of sp³-hybridized carbons (Fsp3) is 0.448. The van der Waals surface area contributed by atoms with E-state index < -0.39 is 58.1 Å². The molecule has 0 fully saturated rings. The average Bonchev–Trinajstić information content (AvgIpc) is 3.59. The maximum Gasteiger partial charge on any atom is 0.417 e. The number of pyridine rings is 1. The number of aromatic nitrogens is 5. The number of fused-ring (bicyclic) bond motifs is 1. The second-order valence-electron chi connectivity index (χ2n) is 10.3. The predicted molar refractivity (Wildman–Crippen MR) is 154 cm³/mol. The topological polar surface area (TPSA) is 125 Å². The van der Waals surface area contributed by atoms with Crippen molar-refractivity contribution in [2.24, 2.45) is 0 Å². The maximum absolute atomic E-state index is 16.5. The fourth-order valence-electron chi connectivity index (χ4n) is 5.31. The van der Waals surface area contributed by atoms with Gasteiger partial charge in [0.2, 0.25) is 5.88 Å².